The predicted octanol–water partition coefficient (Wildman–Crippen LogP) is 4.93. The van der Waals surface area contributed by atoms with E-state index in [9.17, 15) is 13.6 Å². The first-order chi connectivity index (χ1) is 15.6. The van der Waals surface area contributed by atoms with Crippen LogP contribution in [0.4, 0.5) is 14.5 Å². The number of hydrogen-bond donors (Lipinski definition) is 1. The smallest absolute Gasteiger partial charge is 0.320 e. The number of para-hydroxylation sites is 3. The van der Waals surface area contributed by atoms with Gasteiger partial charge in [0, 0.05) is 11.3 Å². The summed E-state index contributed by atoms with van der Waals surface area (Å²) in [7, 11) is 0. The molecule has 0 saturated carbocycles. The molecule has 1 amide bonds. The first-order valence-corrected chi connectivity index (χ1v) is 9.75. The minimum Gasteiger partial charge on any atom is -0.321 e. The largest absolute Gasteiger partial charge is 0.321 e. The highest BCUT2D eigenvalue weighted by atomic mass is 19.3. The highest BCUT2D eigenvalue weighted by Crippen LogP contribution is 2.30. The Morgan fingerprint density at radius 2 is 1.62 bits per heavy atom. The third-order valence-corrected chi connectivity index (χ3v) is 4.90. The van der Waals surface area contributed by atoms with Crippen LogP contribution >= 0.6 is 0 Å². The summed E-state index contributed by atoms with van der Waals surface area (Å²) in [6.45, 7) is -2.73. The molecule has 32 heavy (non-hydrogen) atoms. The number of anilines is 1. The molecule has 1 N–H and O–H groups in total. The number of benzene rings is 3. The number of alkyl halides is 2. The summed E-state index contributed by atoms with van der Waals surface area (Å²) in [4.78, 5) is 18.2. The molecule has 0 saturated heterocycles. The lowest BCUT2D eigenvalue weighted by molar-refractivity contribution is 0.0764. The maximum absolute atomic E-state index is 13.7. The van der Waals surface area contributed by atoms with Crippen molar-refractivity contribution in [2.45, 2.75) is 6.55 Å². The molecule has 0 atom stereocenters. The molecular weight excluding hydrogens is 414 g/mol. The predicted molar refractivity (Wildman–Crippen MR) is 116 cm³/mol. The Bertz CT molecular complexity index is 1390. The highest BCUT2D eigenvalue weighted by Gasteiger charge is 2.19. The molecule has 0 aliphatic heterocycles. The fraction of sp³-hybridized carbons (Fsp3) is 0.0435. The summed E-state index contributed by atoms with van der Waals surface area (Å²) in [6.07, 6.45) is 1.38. The van der Waals surface area contributed by atoms with Crippen LogP contribution in [0.5, 0.6) is 0 Å². The lowest BCUT2D eigenvalue weighted by Crippen LogP contribution is -2.13. The SMILES string of the molecule is O=C(Nc1ccc(-c2nc3ccccc3n2C(F)F)cc1)c1cnn(-c2ccccc2)n1. The molecule has 3 aromatic carbocycles. The molecule has 0 fully saturated rings. The van der Waals surface area contributed by atoms with Crippen molar-refractivity contribution < 1.29 is 13.6 Å². The topological polar surface area (TPSA) is 77.6 Å². The van der Waals surface area contributed by atoms with Crippen molar-refractivity contribution in [1.29, 1.82) is 0 Å². The second-order valence-electron chi connectivity index (χ2n) is 6.96. The van der Waals surface area contributed by atoms with E-state index in [1.165, 1.54) is 11.0 Å². The average molecular weight is 430 g/mol. The van der Waals surface area contributed by atoms with Crippen LogP contribution in [-0.2, 0) is 0 Å². The Labute approximate surface area is 180 Å². The molecule has 9 heteroatoms. The van der Waals surface area contributed by atoms with Crippen LogP contribution < -0.4 is 5.32 Å². The lowest BCUT2D eigenvalue weighted by atomic mass is 10.2. The van der Waals surface area contributed by atoms with E-state index in [2.05, 4.69) is 20.5 Å². The van der Waals surface area contributed by atoms with Crippen LogP contribution in [0, 0.1) is 0 Å². The molecule has 158 valence electrons. The van der Waals surface area contributed by atoms with Crippen molar-refractivity contribution in [1.82, 2.24) is 24.5 Å². The zero-order valence-corrected chi connectivity index (χ0v) is 16.6. The Morgan fingerprint density at radius 3 is 2.38 bits per heavy atom. The van der Waals surface area contributed by atoms with E-state index in [0.717, 1.165) is 10.3 Å². The quantitative estimate of drug-likeness (QED) is 0.429. The molecule has 2 heterocycles. The molecule has 0 bridgehead atoms. The number of imidazole rings is 1. The summed E-state index contributed by atoms with van der Waals surface area (Å²) < 4.78 is 28.3. The summed E-state index contributed by atoms with van der Waals surface area (Å²) >= 11 is 0. The maximum atomic E-state index is 13.7. The third-order valence-electron chi connectivity index (χ3n) is 4.90. The Kier molecular flexibility index (Phi) is 4.91. The number of aromatic nitrogens is 5. The fourth-order valence-corrected chi connectivity index (χ4v) is 3.40. The number of nitrogens with one attached hydrogen (secondary N) is 1. The summed E-state index contributed by atoms with van der Waals surface area (Å²) in [6, 6.07) is 22.5. The molecular formula is C23H16F2N6O. The molecule has 0 unspecified atom stereocenters. The maximum Gasteiger partial charge on any atom is 0.320 e. The van der Waals surface area contributed by atoms with E-state index in [-0.39, 0.29) is 11.5 Å². The number of fused-ring (bicyclic) bond motifs is 1. The van der Waals surface area contributed by atoms with Gasteiger partial charge in [-0.3, -0.25) is 9.36 Å². The molecule has 5 aromatic rings. The van der Waals surface area contributed by atoms with Crippen LogP contribution in [0.3, 0.4) is 0 Å². The van der Waals surface area contributed by atoms with Gasteiger partial charge in [0.15, 0.2) is 5.69 Å². The molecule has 2 aromatic heterocycles. The Hall–Kier alpha value is -4.40. The lowest BCUT2D eigenvalue weighted by Gasteiger charge is -2.09. The van der Waals surface area contributed by atoms with E-state index >= 15 is 0 Å². The van der Waals surface area contributed by atoms with E-state index in [0.29, 0.717) is 22.3 Å². The van der Waals surface area contributed by atoms with Crippen molar-refractivity contribution in [3.05, 3.63) is 90.8 Å². The summed E-state index contributed by atoms with van der Waals surface area (Å²) in [5.74, 6) is -0.273. The second-order valence-corrected chi connectivity index (χ2v) is 6.96. The Morgan fingerprint density at radius 1 is 0.906 bits per heavy atom. The van der Waals surface area contributed by atoms with Crippen molar-refractivity contribution in [2.75, 3.05) is 5.32 Å². The molecule has 5 rings (SSSR count). The van der Waals surface area contributed by atoms with Gasteiger partial charge >= 0.3 is 6.55 Å². The molecule has 0 radical (unpaired) electrons. The fourth-order valence-electron chi connectivity index (χ4n) is 3.40. The second kappa shape index (κ2) is 8.03. The van der Waals surface area contributed by atoms with Crippen LogP contribution in [0.15, 0.2) is 85.1 Å². The minimum absolute atomic E-state index is 0.150. The zero-order chi connectivity index (χ0) is 22.1. The van der Waals surface area contributed by atoms with E-state index in [4.69, 9.17) is 0 Å². The van der Waals surface area contributed by atoms with Gasteiger partial charge in [0.1, 0.15) is 5.82 Å². The van der Waals surface area contributed by atoms with Gasteiger partial charge in [0.2, 0.25) is 0 Å². The van der Waals surface area contributed by atoms with Gasteiger partial charge in [-0.2, -0.15) is 18.7 Å². The van der Waals surface area contributed by atoms with E-state index in [1.54, 1.807) is 48.5 Å². The van der Waals surface area contributed by atoms with Gasteiger partial charge in [-0.1, -0.05) is 30.3 Å². The van der Waals surface area contributed by atoms with Crippen molar-refractivity contribution in [3.63, 3.8) is 0 Å². The first-order valence-electron chi connectivity index (χ1n) is 9.75. The normalized spacial score (nSPS) is 11.2. The number of hydrogen-bond acceptors (Lipinski definition) is 4. The van der Waals surface area contributed by atoms with Gasteiger partial charge in [-0.15, -0.1) is 5.10 Å². The van der Waals surface area contributed by atoms with Crippen LogP contribution in [-0.4, -0.2) is 30.5 Å². The number of rotatable bonds is 5. The third kappa shape index (κ3) is 3.60. The van der Waals surface area contributed by atoms with Gasteiger partial charge in [-0.05, 0) is 48.5 Å². The zero-order valence-electron chi connectivity index (χ0n) is 16.6. The number of carbonyl (C=O) groups is 1. The average Bonchev–Trinajstić information content (AvgIpc) is 3.46. The van der Waals surface area contributed by atoms with Crippen molar-refractivity contribution >= 4 is 22.6 Å². The monoisotopic (exact) mass is 430 g/mol. The molecule has 0 aliphatic carbocycles. The number of amides is 1. The highest BCUT2D eigenvalue weighted by molar-refractivity contribution is 6.02. The first kappa shape index (κ1) is 19.6. The summed E-state index contributed by atoms with van der Waals surface area (Å²) in [5, 5.41) is 11.0. The Balaban J connectivity index is 1.37. The molecule has 0 aliphatic rings. The molecule has 0 spiro atoms. The van der Waals surface area contributed by atoms with Gasteiger partial charge in [0.25, 0.3) is 5.91 Å². The van der Waals surface area contributed by atoms with Gasteiger partial charge < -0.3 is 5.32 Å². The van der Waals surface area contributed by atoms with Gasteiger partial charge in [-0.25, -0.2) is 4.98 Å². The number of halogens is 2. The van der Waals surface area contributed by atoms with Crippen LogP contribution in [0.1, 0.15) is 17.0 Å². The van der Waals surface area contributed by atoms with Gasteiger partial charge in [0.05, 0.1) is 22.9 Å². The number of carbonyl (C=O) groups excluding carboxylic acids is 1. The van der Waals surface area contributed by atoms with Crippen molar-refractivity contribution in [3.8, 4) is 17.1 Å². The van der Waals surface area contributed by atoms with E-state index in [1.807, 2.05) is 30.3 Å². The van der Waals surface area contributed by atoms with E-state index < -0.39 is 12.5 Å². The standard InChI is InChI=1S/C23H16F2N6O/c24-23(25)30-20-9-5-4-8-18(20)28-21(30)15-10-12-16(13-11-15)27-22(32)19-14-26-31(29-19)17-6-2-1-3-7-17/h1-14,23H,(H,27,32). The van der Waals surface area contributed by atoms with Crippen LogP contribution in [0.25, 0.3) is 28.1 Å². The van der Waals surface area contributed by atoms with Crippen molar-refractivity contribution in [2.24, 2.45) is 0 Å². The molecule has 7 nitrogen and oxygen atoms in total. The van der Waals surface area contributed by atoms with Crippen LogP contribution in [0.2, 0.25) is 0 Å². The number of nitrogens with zero attached hydrogens (tertiary/aromatic N) is 5. The summed E-state index contributed by atoms with van der Waals surface area (Å²) in [5.41, 5.74) is 2.73. The minimum atomic E-state index is -2.73.